The lowest BCUT2D eigenvalue weighted by atomic mass is 10.0. The Balaban J connectivity index is 2.17. The normalized spacial score (nSPS) is 20.5. The summed E-state index contributed by atoms with van der Waals surface area (Å²) in [5.74, 6) is -0.334. The van der Waals surface area contributed by atoms with Gasteiger partial charge in [0.1, 0.15) is 0 Å². The number of carboxylic acids is 1. The highest BCUT2D eigenvalue weighted by molar-refractivity contribution is 5.89. The molecule has 1 unspecified atom stereocenters. The lowest BCUT2D eigenvalue weighted by molar-refractivity contribution is 0.0480. The second-order valence-corrected chi connectivity index (χ2v) is 4.78. The molecule has 2 heterocycles. The maximum atomic E-state index is 11.0. The minimum atomic E-state index is -0.843. The molecule has 0 saturated carbocycles. The third-order valence-electron chi connectivity index (χ3n) is 3.50. The molecule has 4 heteroatoms. The quantitative estimate of drug-likeness (QED) is 0.877. The van der Waals surface area contributed by atoms with Gasteiger partial charge in [-0.25, -0.2) is 4.79 Å². The van der Waals surface area contributed by atoms with E-state index in [9.17, 15) is 4.79 Å². The molecule has 1 fully saturated rings. The van der Waals surface area contributed by atoms with Gasteiger partial charge in [0.2, 0.25) is 0 Å². The summed E-state index contributed by atoms with van der Waals surface area (Å²) in [7, 11) is 0. The number of ether oxygens (including phenoxy) is 1. The Morgan fingerprint density at radius 3 is 2.88 bits per heavy atom. The summed E-state index contributed by atoms with van der Waals surface area (Å²) < 4.78 is 7.56. The Morgan fingerprint density at radius 1 is 1.59 bits per heavy atom. The summed E-state index contributed by atoms with van der Waals surface area (Å²) in [6.07, 6.45) is 2.27. The van der Waals surface area contributed by atoms with Crippen molar-refractivity contribution in [1.82, 2.24) is 4.57 Å². The number of carbonyl (C=O) groups is 1. The first kappa shape index (κ1) is 12.2. The molecule has 1 N–H and O–H groups in total. The molecule has 94 valence electrons. The third-order valence-corrected chi connectivity index (χ3v) is 3.50. The van der Waals surface area contributed by atoms with Crippen molar-refractivity contribution in [3.63, 3.8) is 0 Å². The van der Waals surface area contributed by atoms with Crippen molar-refractivity contribution < 1.29 is 14.6 Å². The maximum Gasteiger partial charge on any atom is 0.337 e. The highest BCUT2D eigenvalue weighted by atomic mass is 16.5. The predicted octanol–water partition coefficient (Wildman–Crippen LogP) is 2.23. The van der Waals surface area contributed by atoms with Crippen molar-refractivity contribution in [1.29, 1.82) is 0 Å². The van der Waals surface area contributed by atoms with E-state index in [2.05, 4.69) is 4.57 Å². The second kappa shape index (κ2) is 4.92. The fraction of sp³-hybridized carbons (Fsp3) is 0.615. The second-order valence-electron chi connectivity index (χ2n) is 4.78. The van der Waals surface area contributed by atoms with Gasteiger partial charge in [-0.3, -0.25) is 0 Å². The number of hydrogen-bond donors (Lipinski definition) is 1. The van der Waals surface area contributed by atoms with Crippen molar-refractivity contribution in [2.75, 3.05) is 13.2 Å². The van der Waals surface area contributed by atoms with Gasteiger partial charge in [0, 0.05) is 30.5 Å². The molecule has 1 aliphatic rings. The zero-order valence-corrected chi connectivity index (χ0v) is 10.4. The molecular formula is C13H19NO3. The lowest BCUT2D eigenvalue weighted by Gasteiger charge is -2.24. The van der Waals surface area contributed by atoms with Crippen LogP contribution in [0.4, 0.5) is 0 Å². The number of rotatable bonds is 3. The van der Waals surface area contributed by atoms with Gasteiger partial charge in [-0.15, -0.1) is 0 Å². The van der Waals surface area contributed by atoms with E-state index in [1.165, 1.54) is 6.42 Å². The van der Waals surface area contributed by atoms with Crippen LogP contribution in [0.3, 0.4) is 0 Å². The van der Waals surface area contributed by atoms with Crippen LogP contribution in [0.2, 0.25) is 0 Å². The lowest BCUT2D eigenvalue weighted by Crippen LogP contribution is -2.23. The molecule has 0 aliphatic carbocycles. The molecule has 0 amide bonds. The molecule has 1 aromatic heterocycles. The first-order chi connectivity index (χ1) is 8.09. The molecular weight excluding hydrogens is 218 g/mol. The molecule has 1 saturated heterocycles. The molecule has 0 spiro atoms. The van der Waals surface area contributed by atoms with Crippen LogP contribution < -0.4 is 0 Å². The monoisotopic (exact) mass is 237 g/mol. The molecule has 0 bridgehead atoms. The zero-order valence-electron chi connectivity index (χ0n) is 10.4. The number of aryl methyl sites for hydroxylation is 1. The van der Waals surface area contributed by atoms with Crippen molar-refractivity contribution in [3.8, 4) is 0 Å². The van der Waals surface area contributed by atoms with E-state index in [1.54, 1.807) is 6.07 Å². The maximum absolute atomic E-state index is 11.0. The van der Waals surface area contributed by atoms with E-state index in [-0.39, 0.29) is 0 Å². The van der Waals surface area contributed by atoms with E-state index < -0.39 is 5.97 Å². The van der Waals surface area contributed by atoms with Crippen molar-refractivity contribution in [3.05, 3.63) is 23.0 Å². The first-order valence-electron chi connectivity index (χ1n) is 6.07. The SMILES string of the molecule is Cc1cc(C(=O)O)c(C)n1CC1CCCOC1. The summed E-state index contributed by atoms with van der Waals surface area (Å²) >= 11 is 0. The van der Waals surface area contributed by atoms with Gasteiger partial charge in [-0.2, -0.15) is 0 Å². The molecule has 17 heavy (non-hydrogen) atoms. The Morgan fingerprint density at radius 2 is 2.35 bits per heavy atom. The van der Waals surface area contributed by atoms with Gasteiger partial charge in [0.05, 0.1) is 12.2 Å². The van der Waals surface area contributed by atoms with E-state index in [1.807, 2.05) is 13.8 Å². The Hall–Kier alpha value is -1.29. The highest BCUT2D eigenvalue weighted by Crippen LogP contribution is 2.21. The number of aromatic nitrogens is 1. The summed E-state index contributed by atoms with van der Waals surface area (Å²) in [5.41, 5.74) is 2.28. The van der Waals surface area contributed by atoms with Gasteiger partial charge >= 0.3 is 5.97 Å². The van der Waals surface area contributed by atoms with Crippen LogP contribution in [0, 0.1) is 19.8 Å². The van der Waals surface area contributed by atoms with Gasteiger partial charge in [-0.05, 0) is 32.8 Å². The molecule has 4 nitrogen and oxygen atoms in total. The molecule has 1 aromatic rings. The van der Waals surface area contributed by atoms with Crippen LogP contribution in [0.15, 0.2) is 6.07 Å². The molecule has 2 rings (SSSR count). The average Bonchev–Trinajstić information content (AvgIpc) is 2.58. The average molecular weight is 237 g/mol. The van der Waals surface area contributed by atoms with Gasteiger partial charge in [0.25, 0.3) is 0 Å². The smallest absolute Gasteiger partial charge is 0.337 e. The fourth-order valence-corrected chi connectivity index (χ4v) is 2.51. The Bertz CT molecular complexity index is 417. The minimum Gasteiger partial charge on any atom is -0.478 e. The zero-order chi connectivity index (χ0) is 12.4. The summed E-state index contributed by atoms with van der Waals surface area (Å²) in [6.45, 7) is 6.36. The van der Waals surface area contributed by atoms with Crippen LogP contribution in [0.1, 0.15) is 34.6 Å². The van der Waals surface area contributed by atoms with Gasteiger partial charge in [-0.1, -0.05) is 0 Å². The van der Waals surface area contributed by atoms with Crippen LogP contribution in [-0.4, -0.2) is 28.9 Å². The highest BCUT2D eigenvalue weighted by Gasteiger charge is 2.19. The molecule has 1 aliphatic heterocycles. The predicted molar refractivity (Wildman–Crippen MR) is 64.4 cm³/mol. The van der Waals surface area contributed by atoms with E-state index in [0.717, 1.165) is 37.6 Å². The van der Waals surface area contributed by atoms with Crippen LogP contribution in [-0.2, 0) is 11.3 Å². The number of hydrogen-bond acceptors (Lipinski definition) is 2. The molecule has 0 radical (unpaired) electrons. The summed E-state index contributed by atoms with van der Waals surface area (Å²) in [5, 5.41) is 9.07. The van der Waals surface area contributed by atoms with E-state index in [0.29, 0.717) is 11.5 Å². The third kappa shape index (κ3) is 2.52. The summed E-state index contributed by atoms with van der Waals surface area (Å²) in [4.78, 5) is 11.0. The summed E-state index contributed by atoms with van der Waals surface area (Å²) in [6, 6.07) is 1.75. The first-order valence-corrected chi connectivity index (χ1v) is 6.07. The van der Waals surface area contributed by atoms with Crippen molar-refractivity contribution in [2.24, 2.45) is 5.92 Å². The number of carboxylic acid groups (broad SMARTS) is 1. The van der Waals surface area contributed by atoms with E-state index in [4.69, 9.17) is 9.84 Å². The van der Waals surface area contributed by atoms with Crippen molar-refractivity contribution >= 4 is 5.97 Å². The standard InChI is InChI=1S/C13H19NO3/c1-9-6-12(13(15)16)10(2)14(9)7-11-4-3-5-17-8-11/h6,11H,3-5,7-8H2,1-2H3,(H,15,16). The minimum absolute atomic E-state index is 0.416. The van der Waals surface area contributed by atoms with Crippen LogP contribution in [0.25, 0.3) is 0 Å². The topological polar surface area (TPSA) is 51.5 Å². The Kier molecular flexibility index (Phi) is 3.52. The molecule has 0 aromatic carbocycles. The van der Waals surface area contributed by atoms with Crippen LogP contribution in [0.5, 0.6) is 0 Å². The fourth-order valence-electron chi connectivity index (χ4n) is 2.51. The van der Waals surface area contributed by atoms with Crippen molar-refractivity contribution in [2.45, 2.75) is 33.2 Å². The number of nitrogens with zero attached hydrogens (tertiary/aromatic N) is 1. The van der Waals surface area contributed by atoms with Gasteiger partial charge < -0.3 is 14.4 Å². The largest absolute Gasteiger partial charge is 0.478 e. The van der Waals surface area contributed by atoms with Gasteiger partial charge in [0.15, 0.2) is 0 Å². The van der Waals surface area contributed by atoms with Crippen LogP contribution >= 0.6 is 0 Å². The number of aromatic carboxylic acids is 1. The molecule has 1 atom stereocenters. The Labute approximate surface area is 101 Å². The van der Waals surface area contributed by atoms with E-state index >= 15 is 0 Å².